The average molecular weight is 131 g/mol. The van der Waals surface area contributed by atoms with Crippen molar-refractivity contribution in [3.05, 3.63) is 0 Å². The van der Waals surface area contributed by atoms with Crippen molar-refractivity contribution in [2.45, 2.75) is 25.9 Å². The highest BCUT2D eigenvalue weighted by molar-refractivity contribution is 4.69. The maximum atomic E-state index is 12.6. The highest BCUT2D eigenvalue weighted by Crippen LogP contribution is 2.14. The number of hydrogen-bond acceptors (Lipinski definition) is 1. The molecule has 1 aliphatic rings. The molecule has 2 heteroatoms. The number of rotatable bonds is 0. The molecule has 1 N–H and O–H groups in total. The lowest BCUT2D eigenvalue weighted by atomic mass is 10.0. The smallest absolute Gasteiger partial charge is 0.113 e. The molecule has 1 fully saturated rings. The Balaban J connectivity index is 2.29. The first kappa shape index (κ1) is 7.00. The summed E-state index contributed by atoms with van der Waals surface area (Å²) in [6.07, 6.45) is 1.26. The van der Waals surface area contributed by atoms with Crippen molar-refractivity contribution in [2.75, 3.05) is 13.1 Å². The minimum absolute atomic E-state index is 0.560. The van der Waals surface area contributed by atoms with E-state index in [1.54, 1.807) is 0 Å². The molecule has 2 atom stereocenters. The molecule has 9 heavy (non-hydrogen) atoms. The Hall–Kier alpha value is -0.110. The molecule has 2 unspecified atom stereocenters. The third kappa shape index (κ3) is 2.31. The molecule has 0 aromatic carbocycles. The van der Waals surface area contributed by atoms with Crippen molar-refractivity contribution in [1.82, 2.24) is 5.32 Å². The minimum atomic E-state index is -0.609. The van der Waals surface area contributed by atoms with E-state index in [1.807, 2.05) is 0 Å². The number of nitrogens with one attached hydrogen (secondary N) is 1. The van der Waals surface area contributed by atoms with E-state index >= 15 is 0 Å². The fraction of sp³-hybridized carbons (Fsp3) is 1.00. The lowest BCUT2D eigenvalue weighted by Gasteiger charge is -2.06. The zero-order valence-corrected chi connectivity index (χ0v) is 5.86. The summed E-state index contributed by atoms with van der Waals surface area (Å²) in [6.45, 7) is 3.66. The van der Waals surface area contributed by atoms with E-state index in [-0.39, 0.29) is 0 Å². The monoisotopic (exact) mass is 131 g/mol. The van der Waals surface area contributed by atoms with Gasteiger partial charge in [-0.1, -0.05) is 6.92 Å². The summed E-state index contributed by atoms with van der Waals surface area (Å²) in [5, 5.41) is 3.05. The van der Waals surface area contributed by atoms with Crippen molar-refractivity contribution in [3.63, 3.8) is 0 Å². The molecule has 54 valence electrons. The first-order valence-corrected chi connectivity index (χ1v) is 3.64. The van der Waals surface area contributed by atoms with Crippen LogP contribution in [0.3, 0.4) is 0 Å². The summed E-state index contributed by atoms with van der Waals surface area (Å²) in [4.78, 5) is 0. The van der Waals surface area contributed by atoms with Crippen molar-refractivity contribution in [2.24, 2.45) is 5.92 Å². The number of alkyl halides is 1. The van der Waals surface area contributed by atoms with Gasteiger partial charge in [-0.25, -0.2) is 4.39 Å². The molecular formula is C7H14FN. The Labute approximate surface area is 55.6 Å². The van der Waals surface area contributed by atoms with Crippen LogP contribution in [0.5, 0.6) is 0 Å². The van der Waals surface area contributed by atoms with E-state index in [0.717, 1.165) is 19.4 Å². The molecule has 1 heterocycles. The van der Waals surface area contributed by atoms with Gasteiger partial charge in [0, 0.05) is 6.54 Å². The first-order chi connectivity index (χ1) is 4.29. The molecule has 0 aliphatic carbocycles. The molecule has 0 aromatic rings. The third-order valence-corrected chi connectivity index (χ3v) is 1.84. The van der Waals surface area contributed by atoms with Crippen LogP contribution in [0, 0.1) is 5.92 Å². The van der Waals surface area contributed by atoms with Gasteiger partial charge in [0.05, 0.1) is 0 Å². The third-order valence-electron chi connectivity index (χ3n) is 1.84. The second kappa shape index (κ2) is 3.16. The second-order valence-corrected chi connectivity index (χ2v) is 2.93. The Morgan fingerprint density at radius 3 is 3.11 bits per heavy atom. The number of halogens is 1. The summed E-state index contributed by atoms with van der Waals surface area (Å²) in [5.74, 6) is 0.565. The average Bonchev–Trinajstić information content (AvgIpc) is 1.93. The van der Waals surface area contributed by atoms with Gasteiger partial charge < -0.3 is 5.32 Å². The predicted octanol–water partition coefficient (Wildman–Crippen LogP) is 1.34. The molecular weight excluding hydrogens is 117 g/mol. The van der Waals surface area contributed by atoms with E-state index in [4.69, 9.17) is 0 Å². The van der Waals surface area contributed by atoms with Crippen molar-refractivity contribution >= 4 is 0 Å². The molecule has 0 radical (unpaired) electrons. The van der Waals surface area contributed by atoms with Gasteiger partial charge in [-0.3, -0.25) is 0 Å². The summed E-state index contributed by atoms with van der Waals surface area (Å²) in [6, 6.07) is 0. The van der Waals surface area contributed by atoms with Gasteiger partial charge in [0.2, 0.25) is 0 Å². The van der Waals surface area contributed by atoms with Gasteiger partial charge >= 0.3 is 0 Å². The maximum absolute atomic E-state index is 12.6. The van der Waals surface area contributed by atoms with Gasteiger partial charge in [0.25, 0.3) is 0 Å². The molecule has 0 saturated carbocycles. The lowest BCUT2D eigenvalue weighted by Crippen LogP contribution is -2.20. The van der Waals surface area contributed by atoms with Crippen LogP contribution in [0.15, 0.2) is 0 Å². The Kier molecular flexibility index (Phi) is 2.46. The summed E-state index contributed by atoms with van der Waals surface area (Å²) in [7, 11) is 0. The van der Waals surface area contributed by atoms with Crippen LogP contribution in [0.4, 0.5) is 4.39 Å². The number of hydrogen-bond donors (Lipinski definition) is 1. The molecule has 0 aromatic heterocycles. The van der Waals surface area contributed by atoms with Crippen molar-refractivity contribution in [1.29, 1.82) is 0 Å². The molecule has 1 nitrogen and oxygen atoms in total. The summed E-state index contributed by atoms with van der Waals surface area (Å²) >= 11 is 0. The zero-order valence-electron chi connectivity index (χ0n) is 5.86. The molecule has 0 spiro atoms. The summed E-state index contributed by atoms with van der Waals surface area (Å²) in [5.41, 5.74) is 0. The van der Waals surface area contributed by atoms with E-state index in [0.29, 0.717) is 12.5 Å². The van der Waals surface area contributed by atoms with Crippen LogP contribution < -0.4 is 5.32 Å². The quantitative estimate of drug-likeness (QED) is 0.523. The van der Waals surface area contributed by atoms with E-state index < -0.39 is 6.17 Å². The zero-order chi connectivity index (χ0) is 6.69. The second-order valence-electron chi connectivity index (χ2n) is 2.93. The van der Waals surface area contributed by atoms with Crippen LogP contribution in [0.1, 0.15) is 19.8 Å². The summed E-state index contributed by atoms with van der Waals surface area (Å²) < 4.78 is 12.6. The fourth-order valence-corrected chi connectivity index (χ4v) is 1.24. The Morgan fingerprint density at radius 1 is 1.56 bits per heavy atom. The van der Waals surface area contributed by atoms with Gasteiger partial charge in [-0.05, 0) is 25.3 Å². The van der Waals surface area contributed by atoms with Gasteiger partial charge in [0.1, 0.15) is 6.17 Å². The largest absolute Gasteiger partial charge is 0.314 e. The normalized spacial score (nSPS) is 38.0. The van der Waals surface area contributed by atoms with E-state index in [2.05, 4.69) is 12.2 Å². The van der Waals surface area contributed by atoms with Crippen molar-refractivity contribution < 1.29 is 4.39 Å². The van der Waals surface area contributed by atoms with E-state index in [1.165, 1.54) is 0 Å². The SMILES string of the molecule is CC1CCNCC(F)C1. The Bertz CT molecular complexity index is 75.0. The first-order valence-electron chi connectivity index (χ1n) is 3.64. The predicted molar refractivity (Wildman–Crippen MR) is 36.2 cm³/mol. The maximum Gasteiger partial charge on any atom is 0.113 e. The molecule has 0 bridgehead atoms. The molecule has 0 amide bonds. The van der Waals surface area contributed by atoms with Gasteiger partial charge in [0.15, 0.2) is 0 Å². The lowest BCUT2D eigenvalue weighted by molar-refractivity contribution is 0.288. The Morgan fingerprint density at radius 2 is 2.33 bits per heavy atom. The highest BCUT2D eigenvalue weighted by atomic mass is 19.1. The minimum Gasteiger partial charge on any atom is -0.314 e. The highest BCUT2D eigenvalue weighted by Gasteiger charge is 2.14. The van der Waals surface area contributed by atoms with Crippen LogP contribution in [0.25, 0.3) is 0 Å². The standard InChI is InChI=1S/C7H14FN/c1-6-2-3-9-5-7(8)4-6/h6-7,9H,2-5H2,1H3. The van der Waals surface area contributed by atoms with Gasteiger partial charge in [-0.15, -0.1) is 0 Å². The van der Waals surface area contributed by atoms with Crippen LogP contribution in [-0.4, -0.2) is 19.3 Å². The molecule has 1 saturated heterocycles. The molecule has 1 rings (SSSR count). The topological polar surface area (TPSA) is 12.0 Å². The van der Waals surface area contributed by atoms with Crippen LogP contribution >= 0.6 is 0 Å². The van der Waals surface area contributed by atoms with Crippen LogP contribution in [-0.2, 0) is 0 Å². The van der Waals surface area contributed by atoms with E-state index in [9.17, 15) is 4.39 Å². The van der Waals surface area contributed by atoms with Crippen molar-refractivity contribution in [3.8, 4) is 0 Å². The van der Waals surface area contributed by atoms with Crippen LogP contribution in [0.2, 0.25) is 0 Å². The molecule has 1 aliphatic heterocycles. The fourth-order valence-electron chi connectivity index (χ4n) is 1.24. The van der Waals surface area contributed by atoms with Gasteiger partial charge in [-0.2, -0.15) is 0 Å².